The monoisotopic (exact) mass is 324 g/mol. The van der Waals surface area contributed by atoms with Gasteiger partial charge in [0.1, 0.15) is 8.42 Å². The van der Waals surface area contributed by atoms with Gasteiger partial charge in [-0.05, 0) is 31.4 Å². The van der Waals surface area contributed by atoms with Gasteiger partial charge in [-0.3, -0.25) is 0 Å². The van der Waals surface area contributed by atoms with E-state index in [2.05, 4.69) is 10.3 Å². The predicted octanol–water partition coefficient (Wildman–Crippen LogP) is 0.659. The zero-order valence-corrected chi connectivity index (χ0v) is 13.1. The minimum Gasteiger partial charge on any atom is -0.244 e. The van der Waals surface area contributed by atoms with Crippen LogP contribution in [0.2, 0.25) is 0 Å². The van der Waals surface area contributed by atoms with E-state index in [-0.39, 0.29) is 8.42 Å². The van der Waals surface area contributed by atoms with Crippen molar-refractivity contribution in [3.05, 3.63) is 11.6 Å². The summed E-state index contributed by atoms with van der Waals surface area (Å²) in [5.74, 6) is 0. The molecule has 0 saturated carbocycles. The summed E-state index contributed by atoms with van der Waals surface area (Å²) in [5.41, 5.74) is 3.13. The molecule has 1 aliphatic rings. The molecule has 0 saturated heterocycles. The Hall–Kier alpha value is -0.480. The highest BCUT2D eigenvalue weighted by atomic mass is 32.3. The molecule has 2 heterocycles. The van der Waals surface area contributed by atoms with Crippen LogP contribution in [0.1, 0.15) is 25.8 Å². The van der Waals surface area contributed by atoms with Gasteiger partial charge >= 0.3 is 0 Å². The van der Waals surface area contributed by atoms with Gasteiger partial charge in [-0.15, -0.1) is 16.2 Å². The maximum absolute atomic E-state index is 12.1. The lowest BCUT2D eigenvalue weighted by Crippen LogP contribution is -2.36. The SMILES string of the molecule is CCNNS(=O)(=O)c1cc2c(s1)S(=O)(=O)C(C)CC2. The largest absolute Gasteiger partial charge is 0.262 e. The fourth-order valence-corrected chi connectivity index (χ4v) is 6.78. The minimum absolute atomic E-state index is 0.0381. The van der Waals surface area contributed by atoms with E-state index in [1.807, 2.05) is 0 Å². The Morgan fingerprint density at radius 2 is 2.16 bits per heavy atom. The molecule has 1 aromatic heterocycles. The highest BCUT2D eigenvalue weighted by Crippen LogP contribution is 2.37. The number of hydrazine groups is 1. The van der Waals surface area contributed by atoms with Crippen LogP contribution in [0.4, 0.5) is 0 Å². The van der Waals surface area contributed by atoms with Gasteiger partial charge in [-0.2, -0.15) is 0 Å². The van der Waals surface area contributed by atoms with Crippen LogP contribution in [-0.4, -0.2) is 28.6 Å². The van der Waals surface area contributed by atoms with E-state index < -0.39 is 25.1 Å². The lowest BCUT2D eigenvalue weighted by Gasteiger charge is -2.17. The molecular formula is C10H16N2O4S3. The molecule has 0 fully saturated rings. The molecule has 1 atom stereocenters. The standard InChI is InChI=1S/C10H16N2O4S3/c1-3-11-12-19(15,16)9-6-8-5-4-7(2)18(13,14)10(8)17-9/h6-7,11-12H,3-5H2,1-2H3. The van der Waals surface area contributed by atoms with Gasteiger partial charge in [-0.1, -0.05) is 6.92 Å². The summed E-state index contributed by atoms with van der Waals surface area (Å²) in [6, 6.07) is 1.46. The Kier molecular flexibility index (Phi) is 4.03. The predicted molar refractivity (Wildman–Crippen MR) is 73.3 cm³/mol. The molecule has 0 spiro atoms. The van der Waals surface area contributed by atoms with Gasteiger partial charge in [0.2, 0.25) is 0 Å². The van der Waals surface area contributed by atoms with Gasteiger partial charge in [0.15, 0.2) is 9.84 Å². The first-order chi connectivity index (χ1) is 8.79. The number of rotatable bonds is 4. The second-order valence-corrected chi connectivity index (χ2v) is 9.93. The number of hydrogen-bond donors (Lipinski definition) is 2. The molecule has 1 aliphatic heterocycles. The molecule has 19 heavy (non-hydrogen) atoms. The van der Waals surface area contributed by atoms with Crippen LogP contribution in [-0.2, 0) is 26.3 Å². The van der Waals surface area contributed by atoms with Gasteiger partial charge in [0, 0.05) is 6.54 Å². The fraction of sp³-hybridized carbons (Fsp3) is 0.600. The molecule has 1 unspecified atom stereocenters. The van der Waals surface area contributed by atoms with E-state index in [0.717, 1.165) is 11.3 Å². The molecule has 108 valence electrons. The summed E-state index contributed by atoms with van der Waals surface area (Å²) < 4.78 is 48.4. The van der Waals surface area contributed by atoms with Crippen LogP contribution in [0.25, 0.3) is 0 Å². The summed E-state index contributed by atoms with van der Waals surface area (Å²) in [4.78, 5) is 2.21. The van der Waals surface area contributed by atoms with Crippen molar-refractivity contribution >= 4 is 31.2 Å². The average molecular weight is 324 g/mol. The number of hydrogen-bond acceptors (Lipinski definition) is 6. The van der Waals surface area contributed by atoms with Crippen LogP contribution in [0, 0.1) is 0 Å². The Morgan fingerprint density at radius 1 is 1.47 bits per heavy atom. The molecule has 0 bridgehead atoms. The van der Waals surface area contributed by atoms with Crippen LogP contribution in [0.3, 0.4) is 0 Å². The zero-order valence-electron chi connectivity index (χ0n) is 10.6. The number of sulfone groups is 1. The van der Waals surface area contributed by atoms with E-state index in [0.29, 0.717) is 24.9 Å². The second kappa shape index (κ2) is 5.13. The first kappa shape index (κ1) is 14.9. The molecule has 0 amide bonds. The second-order valence-electron chi connectivity index (χ2n) is 4.41. The summed E-state index contributed by atoms with van der Waals surface area (Å²) in [6.07, 6.45) is 1.13. The molecule has 0 aromatic carbocycles. The summed E-state index contributed by atoms with van der Waals surface area (Å²) >= 11 is 0.825. The average Bonchev–Trinajstić information content (AvgIpc) is 2.78. The maximum Gasteiger partial charge on any atom is 0.262 e. The molecule has 0 radical (unpaired) electrons. The van der Waals surface area contributed by atoms with Crippen LogP contribution >= 0.6 is 11.3 Å². The number of sulfonamides is 1. The van der Waals surface area contributed by atoms with Crippen LogP contribution in [0.5, 0.6) is 0 Å². The Bertz CT molecular complexity index is 676. The topological polar surface area (TPSA) is 92.3 Å². The van der Waals surface area contributed by atoms with Crippen molar-refractivity contribution in [1.29, 1.82) is 0 Å². The Labute approximate surface area is 117 Å². The third-order valence-corrected chi connectivity index (χ3v) is 8.76. The van der Waals surface area contributed by atoms with E-state index in [1.165, 1.54) is 6.07 Å². The quantitative estimate of drug-likeness (QED) is 0.794. The van der Waals surface area contributed by atoms with Crippen molar-refractivity contribution in [2.75, 3.05) is 6.54 Å². The first-order valence-electron chi connectivity index (χ1n) is 5.90. The van der Waals surface area contributed by atoms with Crippen molar-refractivity contribution < 1.29 is 16.8 Å². The normalized spacial score (nSPS) is 22.1. The van der Waals surface area contributed by atoms with E-state index in [4.69, 9.17) is 0 Å². The zero-order chi connectivity index (χ0) is 14.3. The summed E-state index contributed by atoms with van der Waals surface area (Å²) in [7, 11) is -7.07. The Morgan fingerprint density at radius 3 is 2.79 bits per heavy atom. The highest BCUT2D eigenvalue weighted by molar-refractivity contribution is 7.95. The number of thiophene rings is 1. The van der Waals surface area contributed by atoms with Gasteiger partial charge < -0.3 is 0 Å². The van der Waals surface area contributed by atoms with E-state index in [1.54, 1.807) is 13.8 Å². The number of aryl methyl sites for hydroxylation is 1. The summed E-state index contributed by atoms with van der Waals surface area (Å²) in [5, 5.41) is -0.448. The summed E-state index contributed by atoms with van der Waals surface area (Å²) in [6.45, 7) is 3.86. The van der Waals surface area contributed by atoms with Gasteiger partial charge in [0.05, 0.1) is 5.25 Å². The van der Waals surface area contributed by atoms with Crippen molar-refractivity contribution in [1.82, 2.24) is 10.3 Å². The van der Waals surface area contributed by atoms with Crippen molar-refractivity contribution in [3.8, 4) is 0 Å². The third kappa shape index (κ3) is 2.70. The fourth-order valence-electron chi connectivity index (χ4n) is 1.85. The molecular weight excluding hydrogens is 308 g/mol. The van der Waals surface area contributed by atoms with Crippen molar-refractivity contribution in [2.45, 2.75) is 40.4 Å². The highest BCUT2D eigenvalue weighted by Gasteiger charge is 2.34. The molecule has 2 rings (SSSR count). The lowest BCUT2D eigenvalue weighted by molar-refractivity contribution is 0.562. The van der Waals surface area contributed by atoms with Crippen molar-refractivity contribution in [2.24, 2.45) is 0 Å². The first-order valence-corrected chi connectivity index (χ1v) is 9.75. The molecule has 2 N–H and O–H groups in total. The molecule has 9 heteroatoms. The van der Waals surface area contributed by atoms with Gasteiger partial charge in [-0.25, -0.2) is 22.3 Å². The van der Waals surface area contributed by atoms with E-state index in [9.17, 15) is 16.8 Å². The molecule has 0 aliphatic carbocycles. The lowest BCUT2D eigenvalue weighted by atomic mass is 10.1. The van der Waals surface area contributed by atoms with Gasteiger partial charge in [0.25, 0.3) is 10.0 Å². The van der Waals surface area contributed by atoms with E-state index >= 15 is 0 Å². The van der Waals surface area contributed by atoms with Crippen molar-refractivity contribution in [3.63, 3.8) is 0 Å². The maximum atomic E-state index is 12.1. The minimum atomic E-state index is -3.69. The number of nitrogens with one attached hydrogen (secondary N) is 2. The smallest absolute Gasteiger partial charge is 0.244 e. The van der Waals surface area contributed by atoms with Crippen LogP contribution in [0.15, 0.2) is 14.5 Å². The van der Waals surface area contributed by atoms with Crippen LogP contribution < -0.4 is 10.3 Å². The third-order valence-electron chi connectivity index (χ3n) is 3.00. The molecule has 6 nitrogen and oxygen atoms in total. The number of fused-ring (bicyclic) bond motifs is 1. The molecule has 1 aromatic rings. The Balaban J connectivity index is 2.44.